The van der Waals surface area contributed by atoms with Crippen LogP contribution in [-0.2, 0) is 11.3 Å². The Labute approximate surface area is 182 Å². The summed E-state index contributed by atoms with van der Waals surface area (Å²) in [5.74, 6) is 1.64. The molecular weight excluding hydrogens is 396 g/mol. The summed E-state index contributed by atoms with van der Waals surface area (Å²) in [6.45, 7) is 13.2. The fourth-order valence-corrected chi connectivity index (χ4v) is 4.89. The molecule has 160 valence electrons. The van der Waals surface area contributed by atoms with Crippen LogP contribution < -0.4 is 10.6 Å². The van der Waals surface area contributed by atoms with Gasteiger partial charge in [0.25, 0.3) is 0 Å². The van der Waals surface area contributed by atoms with Crippen LogP contribution in [0, 0.1) is 5.92 Å². The monoisotopic (exact) mass is 426 g/mol. The third kappa shape index (κ3) is 4.45. The molecule has 1 aromatic carbocycles. The number of anilines is 1. The van der Waals surface area contributed by atoms with Crippen LogP contribution in [-0.4, -0.2) is 62.2 Å². The number of carbonyl (C=O) groups is 1. The molecule has 1 amide bonds. The van der Waals surface area contributed by atoms with Crippen molar-refractivity contribution < 1.29 is 4.79 Å². The molecule has 8 heteroatoms. The van der Waals surface area contributed by atoms with Crippen molar-refractivity contribution in [2.45, 2.75) is 44.8 Å². The second kappa shape index (κ2) is 8.91. The lowest BCUT2D eigenvalue weighted by atomic mass is 10.0. The van der Waals surface area contributed by atoms with Crippen molar-refractivity contribution in [3.63, 3.8) is 0 Å². The van der Waals surface area contributed by atoms with E-state index in [1.807, 2.05) is 30.3 Å². The molecule has 1 aromatic heterocycles. The molecule has 2 bridgehead atoms. The zero-order valence-electron chi connectivity index (χ0n) is 17.8. The third-order valence-electron chi connectivity index (χ3n) is 5.65. The molecule has 2 aliphatic heterocycles. The van der Waals surface area contributed by atoms with Gasteiger partial charge in [0.05, 0.1) is 18.2 Å². The Morgan fingerprint density at radius 3 is 2.77 bits per heavy atom. The summed E-state index contributed by atoms with van der Waals surface area (Å²) in [5.41, 5.74) is 0.902. The first-order valence-corrected chi connectivity index (χ1v) is 11.4. The molecule has 4 rings (SSSR count). The summed E-state index contributed by atoms with van der Waals surface area (Å²) in [5, 5.41) is 7.98. The van der Waals surface area contributed by atoms with Crippen molar-refractivity contribution >= 4 is 34.6 Å². The average molecular weight is 427 g/mol. The lowest BCUT2D eigenvalue weighted by Gasteiger charge is -2.42. The van der Waals surface area contributed by atoms with Gasteiger partial charge in [-0.25, -0.2) is 14.3 Å². The minimum atomic E-state index is -0.369. The first-order valence-electron chi connectivity index (χ1n) is 10.6. The van der Waals surface area contributed by atoms with Crippen molar-refractivity contribution in [2.75, 3.05) is 25.0 Å². The molecule has 30 heavy (non-hydrogen) atoms. The number of piperazine rings is 1. The highest BCUT2D eigenvalue weighted by Gasteiger charge is 2.34. The van der Waals surface area contributed by atoms with E-state index >= 15 is 0 Å². The average Bonchev–Trinajstić information content (AvgIpc) is 2.72. The lowest BCUT2D eigenvalue weighted by molar-refractivity contribution is -0.125. The van der Waals surface area contributed by atoms with Crippen LogP contribution in [0.2, 0.25) is 0 Å². The molecule has 2 N–H and O–H groups in total. The Balaban J connectivity index is 1.69. The maximum Gasteiger partial charge on any atom is 0.244 e. The highest BCUT2D eigenvalue weighted by molar-refractivity contribution is 7.97. The van der Waals surface area contributed by atoms with Crippen molar-refractivity contribution in [2.24, 2.45) is 5.92 Å². The predicted octanol–water partition coefficient (Wildman–Crippen LogP) is 2.86. The van der Waals surface area contributed by atoms with Crippen molar-refractivity contribution in [1.29, 1.82) is 0 Å². The van der Waals surface area contributed by atoms with E-state index in [-0.39, 0.29) is 24.0 Å². The summed E-state index contributed by atoms with van der Waals surface area (Å²) in [7, 11) is 0. The first kappa shape index (κ1) is 21.1. The number of carbonyl (C=O) groups excluding carboxylic acids is 1. The third-order valence-corrected chi connectivity index (χ3v) is 6.80. The summed E-state index contributed by atoms with van der Waals surface area (Å²) in [6.07, 6.45) is 1.86. The van der Waals surface area contributed by atoms with Crippen molar-refractivity contribution in [1.82, 2.24) is 24.5 Å². The van der Waals surface area contributed by atoms with Crippen molar-refractivity contribution in [3.05, 3.63) is 42.7 Å². The number of nitrogens with zero attached hydrogens (tertiary/aromatic N) is 4. The van der Waals surface area contributed by atoms with Gasteiger partial charge in [0.2, 0.25) is 5.91 Å². The number of fused-ring (bicyclic) bond motifs is 5. The van der Waals surface area contributed by atoms with E-state index in [2.05, 4.69) is 47.2 Å². The molecule has 0 saturated carbocycles. The van der Waals surface area contributed by atoms with Crippen LogP contribution in [0.15, 0.2) is 36.9 Å². The van der Waals surface area contributed by atoms with E-state index in [4.69, 9.17) is 9.97 Å². The van der Waals surface area contributed by atoms with E-state index < -0.39 is 0 Å². The predicted molar refractivity (Wildman–Crippen MR) is 123 cm³/mol. The fraction of sp³-hybridized carbons (Fsp3) is 0.500. The van der Waals surface area contributed by atoms with Gasteiger partial charge in [0, 0.05) is 30.3 Å². The SMILES string of the molecule is C=CC(C)SN1CCN2Cc3nc(c4ccccc4n3)NC(C(C)C)C(=O)NC2C1. The summed E-state index contributed by atoms with van der Waals surface area (Å²) >= 11 is 1.78. The van der Waals surface area contributed by atoms with Gasteiger partial charge in [-0.15, -0.1) is 6.58 Å². The Morgan fingerprint density at radius 1 is 1.20 bits per heavy atom. The number of para-hydroxylation sites is 1. The number of rotatable bonds is 4. The molecule has 7 nitrogen and oxygen atoms in total. The van der Waals surface area contributed by atoms with Gasteiger partial charge < -0.3 is 10.6 Å². The summed E-state index contributed by atoms with van der Waals surface area (Å²) < 4.78 is 2.32. The van der Waals surface area contributed by atoms with Crippen LogP contribution in [0.25, 0.3) is 10.9 Å². The number of amides is 1. The first-order chi connectivity index (χ1) is 14.4. The number of hydrogen-bond acceptors (Lipinski definition) is 7. The van der Waals surface area contributed by atoms with Gasteiger partial charge in [0.15, 0.2) is 0 Å². The van der Waals surface area contributed by atoms with Crippen LogP contribution in [0.4, 0.5) is 5.82 Å². The quantitative estimate of drug-likeness (QED) is 0.575. The maximum absolute atomic E-state index is 13.3. The topological polar surface area (TPSA) is 73.4 Å². The zero-order chi connectivity index (χ0) is 21.3. The highest BCUT2D eigenvalue weighted by atomic mass is 32.2. The smallest absolute Gasteiger partial charge is 0.244 e. The maximum atomic E-state index is 13.3. The van der Waals surface area contributed by atoms with Crippen LogP contribution >= 0.6 is 11.9 Å². The minimum Gasteiger partial charge on any atom is -0.358 e. The standard InChI is InChI=1S/C22H30N6OS/c1-5-15(4)30-28-11-10-27-12-18-23-17-9-7-6-8-16(17)21(24-18)26-20(14(2)3)22(29)25-19(27)13-28/h5-9,14-15,19-20H,1,10-13H2,2-4H3,(H,25,29)(H,23,24,26). The minimum absolute atomic E-state index is 0.00904. The van der Waals surface area contributed by atoms with Gasteiger partial charge in [0.1, 0.15) is 17.7 Å². The molecule has 3 unspecified atom stereocenters. The molecule has 3 heterocycles. The van der Waals surface area contributed by atoms with Gasteiger partial charge >= 0.3 is 0 Å². The molecule has 0 spiro atoms. The number of aromatic nitrogens is 2. The molecule has 2 aromatic rings. The zero-order valence-corrected chi connectivity index (χ0v) is 18.7. The van der Waals surface area contributed by atoms with Gasteiger partial charge in [-0.3, -0.25) is 9.69 Å². The second-order valence-electron chi connectivity index (χ2n) is 8.30. The van der Waals surface area contributed by atoms with E-state index in [1.54, 1.807) is 11.9 Å². The lowest BCUT2D eigenvalue weighted by Crippen LogP contribution is -2.61. The molecular formula is C22H30N6OS. The van der Waals surface area contributed by atoms with E-state index in [9.17, 15) is 4.79 Å². The van der Waals surface area contributed by atoms with Crippen LogP contribution in [0.1, 0.15) is 26.6 Å². The molecule has 0 aliphatic carbocycles. The Hall–Kier alpha value is -2.16. The molecule has 2 aliphatic rings. The van der Waals surface area contributed by atoms with Gasteiger partial charge in [-0.05, 0) is 25.0 Å². The molecule has 1 saturated heterocycles. The van der Waals surface area contributed by atoms with Crippen LogP contribution in [0.3, 0.4) is 0 Å². The summed E-state index contributed by atoms with van der Waals surface area (Å²) in [4.78, 5) is 25.2. The number of benzene rings is 1. The van der Waals surface area contributed by atoms with Gasteiger partial charge in [-0.2, -0.15) is 0 Å². The second-order valence-corrected chi connectivity index (χ2v) is 9.77. The molecule has 0 radical (unpaired) electrons. The van der Waals surface area contributed by atoms with E-state index in [1.165, 1.54) is 0 Å². The highest BCUT2D eigenvalue weighted by Crippen LogP contribution is 2.26. The van der Waals surface area contributed by atoms with Crippen LogP contribution in [0.5, 0.6) is 0 Å². The fourth-order valence-electron chi connectivity index (χ4n) is 3.92. The Bertz CT molecular complexity index is 935. The number of nitrogens with one attached hydrogen (secondary N) is 2. The summed E-state index contributed by atoms with van der Waals surface area (Å²) in [6, 6.07) is 7.60. The van der Waals surface area contributed by atoms with E-state index in [0.29, 0.717) is 11.8 Å². The number of hydrogen-bond donors (Lipinski definition) is 2. The van der Waals surface area contributed by atoms with Gasteiger partial charge in [-0.1, -0.05) is 44.0 Å². The normalized spacial score (nSPS) is 24.1. The molecule has 3 atom stereocenters. The van der Waals surface area contributed by atoms with Crippen molar-refractivity contribution in [3.8, 4) is 0 Å². The van der Waals surface area contributed by atoms with E-state index in [0.717, 1.165) is 42.2 Å². The largest absolute Gasteiger partial charge is 0.358 e. The Morgan fingerprint density at radius 2 is 2.00 bits per heavy atom. The Kier molecular flexibility index (Phi) is 6.26. The molecule has 1 fully saturated rings.